The molecule has 6 nitrogen and oxygen atoms in total. The number of carbonyl (C=O) groups is 2. The number of nitrogens with one attached hydrogen (secondary N) is 2. The van der Waals surface area contributed by atoms with E-state index in [0.717, 1.165) is 26.1 Å². The van der Waals surface area contributed by atoms with Crippen molar-refractivity contribution in [2.24, 2.45) is 0 Å². The first kappa shape index (κ1) is 17.3. The number of benzene rings is 1. The summed E-state index contributed by atoms with van der Waals surface area (Å²) in [4.78, 5) is 29.1. The fourth-order valence-corrected chi connectivity index (χ4v) is 3.56. The lowest BCUT2D eigenvalue weighted by Gasteiger charge is -2.20. The Morgan fingerprint density at radius 3 is 2.60 bits per heavy atom. The van der Waals surface area contributed by atoms with Crippen molar-refractivity contribution >= 4 is 34.0 Å². The Bertz CT molecular complexity index is 764. The molecular weight excluding hydrogens is 338 g/mol. The van der Waals surface area contributed by atoms with E-state index in [9.17, 15) is 9.59 Å². The molecule has 0 aliphatic carbocycles. The molecule has 2 N–H and O–H groups in total. The van der Waals surface area contributed by atoms with Crippen molar-refractivity contribution in [3.05, 3.63) is 53.6 Å². The van der Waals surface area contributed by atoms with E-state index in [1.54, 1.807) is 24.3 Å². The summed E-state index contributed by atoms with van der Waals surface area (Å²) in [6, 6.07) is 6.65. The van der Waals surface area contributed by atoms with Crippen LogP contribution in [0.4, 0.5) is 10.8 Å². The second-order valence-electron chi connectivity index (χ2n) is 5.68. The zero-order chi connectivity index (χ0) is 17.6. The minimum atomic E-state index is -0.291. The van der Waals surface area contributed by atoms with Crippen LogP contribution in [0, 0.1) is 0 Å². The number of ether oxygens (including phenoxy) is 1. The number of anilines is 2. The monoisotopic (exact) mass is 357 g/mol. The third-order valence-corrected chi connectivity index (χ3v) is 5.04. The van der Waals surface area contributed by atoms with Gasteiger partial charge in [-0.1, -0.05) is 6.58 Å². The number of rotatable bonds is 5. The number of aromatic nitrogens is 1. The molecular formula is C18H19N3O3S. The second-order valence-corrected chi connectivity index (χ2v) is 6.74. The van der Waals surface area contributed by atoms with Gasteiger partial charge in [0.2, 0.25) is 5.91 Å². The van der Waals surface area contributed by atoms with Crippen molar-refractivity contribution in [1.29, 1.82) is 0 Å². The second kappa shape index (κ2) is 8.04. The maximum Gasteiger partial charge on any atom is 0.257 e. The Labute approximate surface area is 149 Å². The van der Waals surface area contributed by atoms with E-state index in [2.05, 4.69) is 22.2 Å². The van der Waals surface area contributed by atoms with E-state index in [1.807, 2.05) is 6.20 Å². The fourth-order valence-electron chi connectivity index (χ4n) is 2.58. The van der Waals surface area contributed by atoms with E-state index >= 15 is 0 Å². The largest absolute Gasteiger partial charge is 0.381 e. The zero-order valence-electron chi connectivity index (χ0n) is 13.7. The normalized spacial score (nSPS) is 14.7. The van der Waals surface area contributed by atoms with Crippen LogP contribution in [0.5, 0.6) is 0 Å². The molecule has 0 atom stereocenters. The van der Waals surface area contributed by atoms with Gasteiger partial charge in [0.15, 0.2) is 5.13 Å². The molecule has 0 spiro atoms. The predicted octanol–water partition coefficient (Wildman–Crippen LogP) is 3.41. The van der Waals surface area contributed by atoms with E-state index in [1.165, 1.54) is 22.3 Å². The van der Waals surface area contributed by atoms with Gasteiger partial charge in [-0.25, -0.2) is 4.98 Å². The highest BCUT2D eigenvalue weighted by Gasteiger charge is 2.19. The summed E-state index contributed by atoms with van der Waals surface area (Å²) in [6.07, 6.45) is 5.02. The Morgan fingerprint density at radius 2 is 1.92 bits per heavy atom. The van der Waals surface area contributed by atoms with Crippen molar-refractivity contribution in [1.82, 2.24) is 4.98 Å². The van der Waals surface area contributed by atoms with Gasteiger partial charge in [0.1, 0.15) is 0 Å². The van der Waals surface area contributed by atoms with Gasteiger partial charge in [0.05, 0.1) is 0 Å². The van der Waals surface area contributed by atoms with Gasteiger partial charge >= 0.3 is 0 Å². The molecule has 3 rings (SSSR count). The van der Waals surface area contributed by atoms with Crippen LogP contribution in [0.15, 0.2) is 43.1 Å². The molecule has 1 aromatic heterocycles. The predicted molar refractivity (Wildman–Crippen MR) is 98.1 cm³/mol. The lowest BCUT2D eigenvalue weighted by molar-refractivity contribution is -0.111. The van der Waals surface area contributed by atoms with Gasteiger partial charge in [0, 0.05) is 35.5 Å². The SMILES string of the molecule is C=CC(=O)Nc1ccc(C(=O)Nc2ncc(C3CCOCC3)s2)cc1. The van der Waals surface area contributed by atoms with E-state index in [-0.39, 0.29) is 11.8 Å². The molecule has 1 aliphatic rings. The van der Waals surface area contributed by atoms with Crippen molar-refractivity contribution in [3.8, 4) is 0 Å². The van der Waals surface area contributed by atoms with E-state index < -0.39 is 0 Å². The first-order valence-electron chi connectivity index (χ1n) is 8.04. The van der Waals surface area contributed by atoms with Crippen LogP contribution in [0.25, 0.3) is 0 Å². The quantitative estimate of drug-likeness (QED) is 0.804. The third-order valence-electron chi connectivity index (χ3n) is 3.97. The molecule has 0 unspecified atom stereocenters. The molecule has 1 fully saturated rings. The molecule has 0 saturated carbocycles. The highest BCUT2D eigenvalue weighted by molar-refractivity contribution is 7.15. The average Bonchev–Trinajstić information content (AvgIpc) is 3.11. The molecule has 130 valence electrons. The number of carbonyl (C=O) groups excluding carboxylic acids is 2. The Balaban J connectivity index is 1.61. The summed E-state index contributed by atoms with van der Waals surface area (Å²) in [6.45, 7) is 4.95. The van der Waals surface area contributed by atoms with Crippen molar-refractivity contribution in [2.75, 3.05) is 23.8 Å². The van der Waals surface area contributed by atoms with Crippen molar-refractivity contribution < 1.29 is 14.3 Å². The average molecular weight is 357 g/mol. The van der Waals surface area contributed by atoms with Crippen molar-refractivity contribution in [3.63, 3.8) is 0 Å². The van der Waals surface area contributed by atoms with Gasteiger partial charge in [-0.2, -0.15) is 0 Å². The number of thiazole rings is 1. The molecule has 0 radical (unpaired) electrons. The van der Waals surface area contributed by atoms with Crippen LogP contribution in [0.2, 0.25) is 0 Å². The van der Waals surface area contributed by atoms with Gasteiger partial charge in [-0.15, -0.1) is 11.3 Å². The van der Waals surface area contributed by atoms with Gasteiger partial charge in [-0.05, 0) is 49.1 Å². The number of hydrogen-bond donors (Lipinski definition) is 2. The summed E-state index contributed by atoms with van der Waals surface area (Å²) >= 11 is 1.51. The van der Waals surface area contributed by atoms with Crippen LogP contribution in [0.3, 0.4) is 0 Å². The van der Waals surface area contributed by atoms with Gasteiger partial charge in [0.25, 0.3) is 5.91 Å². The standard InChI is InChI=1S/C18H19N3O3S/c1-2-16(22)20-14-5-3-13(4-6-14)17(23)21-18-19-11-15(25-18)12-7-9-24-10-8-12/h2-6,11-12H,1,7-10H2,(H,20,22)(H,19,21,23). The molecule has 0 bridgehead atoms. The van der Waals surface area contributed by atoms with E-state index in [4.69, 9.17) is 4.74 Å². The fraction of sp³-hybridized carbons (Fsp3) is 0.278. The molecule has 7 heteroatoms. The molecule has 1 aromatic carbocycles. The van der Waals surface area contributed by atoms with Crippen LogP contribution in [-0.4, -0.2) is 30.0 Å². The van der Waals surface area contributed by atoms with Crippen LogP contribution in [-0.2, 0) is 9.53 Å². The highest BCUT2D eigenvalue weighted by atomic mass is 32.1. The lowest BCUT2D eigenvalue weighted by atomic mass is 9.99. The Kier molecular flexibility index (Phi) is 5.57. The highest BCUT2D eigenvalue weighted by Crippen LogP contribution is 2.32. The lowest BCUT2D eigenvalue weighted by Crippen LogP contribution is -2.13. The molecule has 2 aromatic rings. The Morgan fingerprint density at radius 1 is 1.20 bits per heavy atom. The molecule has 1 saturated heterocycles. The summed E-state index contributed by atoms with van der Waals surface area (Å²) in [5.41, 5.74) is 1.11. The summed E-state index contributed by atoms with van der Waals surface area (Å²) < 4.78 is 5.37. The summed E-state index contributed by atoms with van der Waals surface area (Å²) in [5.74, 6) is -0.0558. The number of nitrogens with zero attached hydrogens (tertiary/aromatic N) is 1. The smallest absolute Gasteiger partial charge is 0.257 e. The minimum absolute atomic E-state index is 0.227. The van der Waals surface area contributed by atoms with Crippen molar-refractivity contribution in [2.45, 2.75) is 18.8 Å². The molecule has 1 aliphatic heterocycles. The topological polar surface area (TPSA) is 80.3 Å². The Hall–Kier alpha value is -2.51. The third kappa shape index (κ3) is 4.52. The minimum Gasteiger partial charge on any atom is -0.381 e. The van der Waals surface area contributed by atoms with Gasteiger partial charge < -0.3 is 10.1 Å². The first-order chi connectivity index (χ1) is 12.2. The van der Waals surface area contributed by atoms with Crippen LogP contribution < -0.4 is 10.6 Å². The maximum absolute atomic E-state index is 12.3. The van der Waals surface area contributed by atoms with Crippen LogP contribution in [0.1, 0.15) is 34.0 Å². The number of hydrogen-bond acceptors (Lipinski definition) is 5. The summed E-state index contributed by atoms with van der Waals surface area (Å²) in [7, 11) is 0. The summed E-state index contributed by atoms with van der Waals surface area (Å²) in [5, 5.41) is 6.05. The van der Waals surface area contributed by atoms with Gasteiger partial charge in [-0.3, -0.25) is 14.9 Å². The number of amides is 2. The first-order valence-corrected chi connectivity index (χ1v) is 8.85. The van der Waals surface area contributed by atoms with E-state index in [0.29, 0.717) is 22.3 Å². The maximum atomic E-state index is 12.3. The van der Waals surface area contributed by atoms with Crippen LogP contribution >= 0.6 is 11.3 Å². The zero-order valence-corrected chi connectivity index (χ0v) is 14.5. The molecule has 25 heavy (non-hydrogen) atoms. The molecule has 2 heterocycles. The molecule has 2 amide bonds.